The van der Waals surface area contributed by atoms with E-state index in [1.807, 2.05) is 6.21 Å². The van der Waals surface area contributed by atoms with Gasteiger partial charge in [0.05, 0.1) is 0 Å². The SMILES string of the molecule is C1=NCC2(CCNCC2)c2ccccc21. The zero-order chi connectivity index (χ0) is 10.1. The maximum Gasteiger partial charge on any atom is 0.0487 e. The summed E-state index contributed by atoms with van der Waals surface area (Å²) < 4.78 is 0. The van der Waals surface area contributed by atoms with Crippen LogP contribution in [0.5, 0.6) is 0 Å². The Labute approximate surface area is 90.4 Å². The summed E-state index contributed by atoms with van der Waals surface area (Å²) in [7, 11) is 0. The van der Waals surface area contributed by atoms with Gasteiger partial charge in [-0.1, -0.05) is 24.3 Å². The summed E-state index contributed by atoms with van der Waals surface area (Å²) in [6.07, 6.45) is 4.48. The molecule has 1 spiro atoms. The summed E-state index contributed by atoms with van der Waals surface area (Å²) >= 11 is 0. The van der Waals surface area contributed by atoms with Crippen LogP contribution in [0, 0.1) is 0 Å². The minimum atomic E-state index is 0.330. The van der Waals surface area contributed by atoms with Gasteiger partial charge in [-0.3, -0.25) is 4.99 Å². The van der Waals surface area contributed by atoms with Crippen molar-refractivity contribution in [3.05, 3.63) is 35.4 Å². The van der Waals surface area contributed by atoms with Crippen molar-refractivity contribution in [3.8, 4) is 0 Å². The highest BCUT2D eigenvalue weighted by atomic mass is 14.9. The summed E-state index contributed by atoms with van der Waals surface area (Å²) in [4.78, 5) is 4.54. The molecule has 1 N–H and O–H groups in total. The highest BCUT2D eigenvalue weighted by molar-refractivity contribution is 5.83. The van der Waals surface area contributed by atoms with E-state index in [2.05, 4.69) is 34.6 Å². The fourth-order valence-corrected chi connectivity index (χ4v) is 2.83. The summed E-state index contributed by atoms with van der Waals surface area (Å²) in [5.41, 5.74) is 3.17. The van der Waals surface area contributed by atoms with Gasteiger partial charge in [0.1, 0.15) is 0 Å². The molecule has 1 aromatic rings. The number of benzene rings is 1. The summed E-state index contributed by atoms with van der Waals surface area (Å²) in [5.74, 6) is 0. The molecule has 2 nitrogen and oxygen atoms in total. The third-order valence-electron chi connectivity index (χ3n) is 3.72. The molecule has 0 aliphatic carbocycles. The molecular formula is C13H16N2. The van der Waals surface area contributed by atoms with Crippen LogP contribution in [-0.2, 0) is 5.41 Å². The molecule has 15 heavy (non-hydrogen) atoms. The molecule has 1 fully saturated rings. The van der Waals surface area contributed by atoms with Crippen LogP contribution in [0.4, 0.5) is 0 Å². The molecule has 2 aliphatic rings. The van der Waals surface area contributed by atoms with E-state index in [-0.39, 0.29) is 0 Å². The van der Waals surface area contributed by atoms with Crippen LogP contribution in [0.3, 0.4) is 0 Å². The normalized spacial score (nSPS) is 22.7. The van der Waals surface area contributed by atoms with Gasteiger partial charge in [-0.05, 0) is 37.1 Å². The molecule has 2 aliphatic heterocycles. The summed E-state index contributed by atoms with van der Waals surface area (Å²) in [5, 5.41) is 3.44. The van der Waals surface area contributed by atoms with Crippen LogP contribution < -0.4 is 5.32 Å². The van der Waals surface area contributed by atoms with Crippen molar-refractivity contribution in [3.63, 3.8) is 0 Å². The van der Waals surface area contributed by atoms with Crippen molar-refractivity contribution in [1.82, 2.24) is 5.32 Å². The second-order valence-electron chi connectivity index (χ2n) is 4.59. The second kappa shape index (κ2) is 3.46. The molecule has 0 unspecified atom stereocenters. The Bertz CT molecular complexity index is 389. The number of aliphatic imine (C=N–C) groups is 1. The molecule has 78 valence electrons. The molecule has 1 aromatic carbocycles. The van der Waals surface area contributed by atoms with Crippen LogP contribution in [0.1, 0.15) is 24.0 Å². The van der Waals surface area contributed by atoms with Gasteiger partial charge in [0.25, 0.3) is 0 Å². The van der Waals surface area contributed by atoms with Crippen LogP contribution in [0.2, 0.25) is 0 Å². The van der Waals surface area contributed by atoms with Gasteiger partial charge >= 0.3 is 0 Å². The quantitative estimate of drug-likeness (QED) is 0.678. The lowest BCUT2D eigenvalue weighted by atomic mass is 9.70. The van der Waals surface area contributed by atoms with E-state index < -0.39 is 0 Å². The zero-order valence-corrected chi connectivity index (χ0v) is 8.87. The molecule has 1 saturated heterocycles. The maximum atomic E-state index is 4.54. The van der Waals surface area contributed by atoms with Gasteiger partial charge in [0, 0.05) is 18.2 Å². The molecule has 3 rings (SSSR count). The Kier molecular flexibility index (Phi) is 2.10. The molecule has 2 heterocycles. The van der Waals surface area contributed by atoms with E-state index in [1.165, 1.54) is 24.0 Å². The Balaban J connectivity index is 2.08. The third kappa shape index (κ3) is 1.40. The first-order chi connectivity index (χ1) is 7.41. The first-order valence-electron chi connectivity index (χ1n) is 5.71. The maximum absolute atomic E-state index is 4.54. The van der Waals surface area contributed by atoms with Gasteiger partial charge in [0.15, 0.2) is 0 Å². The average Bonchev–Trinajstić information content (AvgIpc) is 2.31. The molecule has 0 radical (unpaired) electrons. The first-order valence-corrected chi connectivity index (χ1v) is 5.71. The van der Waals surface area contributed by atoms with Gasteiger partial charge in [-0.2, -0.15) is 0 Å². The van der Waals surface area contributed by atoms with Crippen molar-refractivity contribution < 1.29 is 0 Å². The van der Waals surface area contributed by atoms with E-state index in [0.29, 0.717) is 5.41 Å². The summed E-state index contributed by atoms with van der Waals surface area (Å²) in [6, 6.07) is 8.72. The Morgan fingerprint density at radius 2 is 1.93 bits per heavy atom. The fraction of sp³-hybridized carbons (Fsp3) is 0.462. The second-order valence-corrected chi connectivity index (χ2v) is 4.59. The number of hydrogen-bond donors (Lipinski definition) is 1. The third-order valence-corrected chi connectivity index (χ3v) is 3.72. The Morgan fingerprint density at radius 1 is 1.13 bits per heavy atom. The highest BCUT2D eigenvalue weighted by Gasteiger charge is 2.36. The fourth-order valence-electron chi connectivity index (χ4n) is 2.83. The van der Waals surface area contributed by atoms with Crippen molar-refractivity contribution in [2.45, 2.75) is 18.3 Å². The van der Waals surface area contributed by atoms with Crippen molar-refractivity contribution in [1.29, 1.82) is 0 Å². The Hall–Kier alpha value is -1.15. The molecule has 0 aromatic heterocycles. The van der Waals surface area contributed by atoms with E-state index in [1.54, 1.807) is 0 Å². The van der Waals surface area contributed by atoms with E-state index >= 15 is 0 Å². The average molecular weight is 200 g/mol. The first kappa shape index (κ1) is 9.10. The molecule has 2 heteroatoms. The monoisotopic (exact) mass is 200 g/mol. The van der Waals surface area contributed by atoms with E-state index in [9.17, 15) is 0 Å². The van der Waals surface area contributed by atoms with Crippen LogP contribution in [-0.4, -0.2) is 25.8 Å². The lowest BCUT2D eigenvalue weighted by molar-refractivity contribution is 0.314. The zero-order valence-electron chi connectivity index (χ0n) is 8.87. The number of nitrogens with one attached hydrogen (secondary N) is 1. The standard InChI is InChI=1S/C13H16N2/c1-2-4-12-11(3-1)9-15-10-13(12)5-7-14-8-6-13/h1-4,9,14H,5-8,10H2. The molecule has 0 atom stereocenters. The number of nitrogens with zero attached hydrogens (tertiary/aromatic N) is 1. The molecule has 0 amide bonds. The van der Waals surface area contributed by atoms with E-state index in [4.69, 9.17) is 0 Å². The lowest BCUT2D eigenvalue weighted by Gasteiger charge is -2.39. The predicted octanol–water partition coefficient (Wildman–Crippen LogP) is 1.74. The number of hydrogen-bond acceptors (Lipinski definition) is 2. The summed E-state index contributed by atoms with van der Waals surface area (Å²) in [6.45, 7) is 3.24. The largest absolute Gasteiger partial charge is 0.317 e. The van der Waals surface area contributed by atoms with Crippen LogP contribution in [0.25, 0.3) is 0 Å². The molecular weight excluding hydrogens is 184 g/mol. The number of fused-ring (bicyclic) bond motifs is 2. The number of rotatable bonds is 0. The molecule has 0 saturated carbocycles. The highest BCUT2D eigenvalue weighted by Crippen LogP contribution is 2.37. The lowest BCUT2D eigenvalue weighted by Crippen LogP contribution is -2.43. The van der Waals surface area contributed by atoms with Gasteiger partial charge in [-0.25, -0.2) is 0 Å². The smallest absolute Gasteiger partial charge is 0.0487 e. The van der Waals surface area contributed by atoms with E-state index in [0.717, 1.165) is 19.6 Å². The van der Waals surface area contributed by atoms with Crippen LogP contribution >= 0.6 is 0 Å². The van der Waals surface area contributed by atoms with Gasteiger partial charge < -0.3 is 5.32 Å². The minimum absolute atomic E-state index is 0.330. The molecule has 0 bridgehead atoms. The topological polar surface area (TPSA) is 24.4 Å². The van der Waals surface area contributed by atoms with Crippen molar-refractivity contribution in [2.24, 2.45) is 4.99 Å². The van der Waals surface area contributed by atoms with Crippen LogP contribution in [0.15, 0.2) is 29.3 Å². The predicted molar refractivity (Wildman–Crippen MR) is 62.7 cm³/mol. The minimum Gasteiger partial charge on any atom is -0.317 e. The number of piperidine rings is 1. The van der Waals surface area contributed by atoms with Crippen molar-refractivity contribution in [2.75, 3.05) is 19.6 Å². The Morgan fingerprint density at radius 3 is 2.80 bits per heavy atom. The van der Waals surface area contributed by atoms with Gasteiger partial charge in [-0.15, -0.1) is 0 Å². The van der Waals surface area contributed by atoms with Crippen molar-refractivity contribution >= 4 is 6.21 Å². The van der Waals surface area contributed by atoms with Gasteiger partial charge in [0.2, 0.25) is 0 Å².